The number of amides is 2. The van der Waals surface area contributed by atoms with Gasteiger partial charge in [-0.2, -0.15) is 0 Å². The van der Waals surface area contributed by atoms with Crippen LogP contribution in [0.4, 0.5) is 4.79 Å². The predicted octanol–water partition coefficient (Wildman–Crippen LogP) is 3.46. The third kappa shape index (κ3) is 4.06. The minimum absolute atomic E-state index is 0.0799. The summed E-state index contributed by atoms with van der Waals surface area (Å²) in [7, 11) is 0. The van der Waals surface area contributed by atoms with Gasteiger partial charge >= 0.3 is 6.03 Å². The van der Waals surface area contributed by atoms with Gasteiger partial charge in [-0.3, -0.25) is 0 Å². The number of aryl methyl sites for hydroxylation is 2. The van der Waals surface area contributed by atoms with Crippen LogP contribution in [0.5, 0.6) is 0 Å². The van der Waals surface area contributed by atoms with E-state index in [0.29, 0.717) is 0 Å². The molecule has 1 aromatic rings. The van der Waals surface area contributed by atoms with Gasteiger partial charge in [-0.15, -0.1) is 0 Å². The van der Waals surface area contributed by atoms with Crippen molar-refractivity contribution in [1.82, 2.24) is 10.6 Å². The Bertz CT molecular complexity index is 401. The fourth-order valence-corrected chi connectivity index (χ4v) is 2.06. The number of hydrogen-bond acceptors (Lipinski definition) is 1. The van der Waals surface area contributed by atoms with Crippen molar-refractivity contribution in [3.63, 3.8) is 0 Å². The Kier molecular flexibility index (Phi) is 5.69. The Morgan fingerprint density at radius 1 is 1.28 bits per heavy atom. The third-order valence-corrected chi connectivity index (χ3v) is 3.05. The maximum atomic E-state index is 11.7. The summed E-state index contributed by atoms with van der Waals surface area (Å²) >= 11 is 0. The van der Waals surface area contributed by atoms with Crippen molar-refractivity contribution in [2.24, 2.45) is 0 Å². The summed E-state index contributed by atoms with van der Waals surface area (Å²) < 4.78 is 0. The van der Waals surface area contributed by atoms with Crippen LogP contribution in [0.15, 0.2) is 18.2 Å². The smallest absolute Gasteiger partial charge is 0.315 e. The molecule has 100 valence electrons. The first-order chi connectivity index (χ1) is 8.58. The van der Waals surface area contributed by atoms with Crippen molar-refractivity contribution >= 4 is 6.03 Å². The van der Waals surface area contributed by atoms with Gasteiger partial charge in [0.05, 0.1) is 6.04 Å². The van der Waals surface area contributed by atoms with E-state index < -0.39 is 0 Å². The van der Waals surface area contributed by atoms with E-state index in [9.17, 15) is 4.79 Å². The molecular formula is C15H24N2O. The van der Waals surface area contributed by atoms with Gasteiger partial charge in [0.25, 0.3) is 0 Å². The molecule has 0 aliphatic carbocycles. The Morgan fingerprint density at radius 3 is 2.56 bits per heavy atom. The van der Waals surface area contributed by atoms with Crippen LogP contribution in [0.25, 0.3) is 0 Å². The highest BCUT2D eigenvalue weighted by molar-refractivity contribution is 5.74. The van der Waals surface area contributed by atoms with Crippen molar-refractivity contribution in [3.8, 4) is 0 Å². The maximum absolute atomic E-state index is 11.7. The van der Waals surface area contributed by atoms with Crippen LogP contribution >= 0.6 is 0 Å². The number of rotatable bonds is 5. The van der Waals surface area contributed by atoms with Gasteiger partial charge in [-0.25, -0.2) is 4.79 Å². The lowest BCUT2D eigenvalue weighted by atomic mass is 9.98. The molecule has 0 spiro atoms. The van der Waals surface area contributed by atoms with Gasteiger partial charge < -0.3 is 10.6 Å². The van der Waals surface area contributed by atoms with Crippen molar-refractivity contribution < 1.29 is 4.79 Å². The largest absolute Gasteiger partial charge is 0.338 e. The molecule has 0 aliphatic rings. The molecule has 1 atom stereocenters. The highest BCUT2D eigenvalue weighted by Crippen LogP contribution is 2.21. The summed E-state index contributed by atoms with van der Waals surface area (Å²) in [6.07, 6.45) is 1.84. The monoisotopic (exact) mass is 248 g/mol. The fraction of sp³-hybridized carbons (Fsp3) is 0.533. The normalized spacial score (nSPS) is 12.0. The predicted molar refractivity (Wildman–Crippen MR) is 75.8 cm³/mol. The van der Waals surface area contributed by atoms with Gasteiger partial charge in [0, 0.05) is 6.54 Å². The Hall–Kier alpha value is -1.51. The zero-order valence-electron chi connectivity index (χ0n) is 11.8. The van der Waals surface area contributed by atoms with Crippen LogP contribution in [-0.2, 0) is 0 Å². The Balaban J connectivity index is 2.73. The van der Waals surface area contributed by atoms with E-state index in [2.05, 4.69) is 49.6 Å². The zero-order valence-corrected chi connectivity index (χ0v) is 11.8. The molecular weight excluding hydrogens is 224 g/mol. The van der Waals surface area contributed by atoms with E-state index >= 15 is 0 Å². The van der Waals surface area contributed by atoms with Crippen molar-refractivity contribution in [3.05, 3.63) is 34.9 Å². The van der Waals surface area contributed by atoms with Crippen molar-refractivity contribution in [2.75, 3.05) is 6.54 Å². The number of carbonyl (C=O) groups excluding carboxylic acids is 1. The standard InChI is InChI=1S/C15H24N2O/c1-5-9-16-15(18)17-14(6-2)13-8-7-11(3)10-12(13)4/h7-8,10,14H,5-6,9H2,1-4H3,(H2,16,17,18). The number of nitrogens with one attached hydrogen (secondary N) is 2. The van der Waals surface area contributed by atoms with E-state index in [1.165, 1.54) is 16.7 Å². The molecule has 0 fully saturated rings. The Labute approximate surface area is 110 Å². The molecule has 3 nitrogen and oxygen atoms in total. The van der Waals surface area contributed by atoms with Crippen molar-refractivity contribution in [2.45, 2.75) is 46.6 Å². The molecule has 0 heterocycles. The molecule has 0 aliphatic heterocycles. The van der Waals surface area contributed by atoms with E-state index in [-0.39, 0.29) is 12.1 Å². The lowest BCUT2D eigenvalue weighted by molar-refractivity contribution is 0.236. The first-order valence-electron chi connectivity index (χ1n) is 6.70. The van der Waals surface area contributed by atoms with Crippen molar-refractivity contribution in [1.29, 1.82) is 0 Å². The third-order valence-electron chi connectivity index (χ3n) is 3.05. The topological polar surface area (TPSA) is 41.1 Å². The molecule has 0 saturated carbocycles. The fourth-order valence-electron chi connectivity index (χ4n) is 2.06. The second kappa shape index (κ2) is 7.04. The van der Waals surface area contributed by atoms with Crippen LogP contribution in [0.3, 0.4) is 0 Å². The average Bonchev–Trinajstić information content (AvgIpc) is 2.34. The maximum Gasteiger partial charge on any atom is 0.315 e. The number of carbonyl (C=O) groups is 1. The lowest BCUT2D eigenvalue weighted by Crippen LogP contribution is -2.38. The van der Waals surface area contributed by atoms with Crippen LogP contribution in [0.1, 0.15) is 49.4 Å². The molecule has 1 rings (SSSR count). The van der Waals surface area contributed by atoms with E-state index in [1.807, 2.05) is 6.92 Å². The van der Waals surface area contributed by atoms with Crippen LogP contribution in [0, 0.1) is 13.8 Å². The molecule has 2 amide bonds. The Morgan fingerprint density at radius 2 is 2.00 bits per heavy atom. The number of benzene rings is 1. The minimum Gasteiger partial charge on any atom is -0.338 e. The minimum atomic E-state index is -0.0799. The van der Waals surface area contributed by atoms with Crippen LogP contribution in [0.2, 0.25) is 0 Å². The second-order valence-electron chi connectivity index (χ2n) is 4.72. The molecule has 0 radical (unpaired) electrons. The molecule has 0 saturated heterocycles. The summed E-state index contributed by atoms with van der Waals surface area (Å²) in [6.45, 7) is 9.02. The summed E-state index contributed by atoms with van der Waals surface area (Å²) in [5.41, 5.74) is 3.69. The highest BCUT2D eigenvalue weighted by Gasteiger charge is 2.14. The summed E-state index contributed by atoms with van der Waals surface area (Å²) in [6, 6.07) is 6.37. The first kappa shape index (κ1) is 14.6. The summed E-state index contributed by atoms with van der Waals surface area (Å²) in [5.74, 6) is 0. The molecule has 0 bridgehead atoms. The molecule has 2 N–H and O–H groups in total. The molecule has 1 aromatic carbocycles. The molecule has 0 aromatic heterocycles. The van der Waals surface area contributed by atoms with E-state index in [0.717, 1.165) is 19.4 Å². The zero-order chi connectivity index (χ0) is 13.5. The first-order valence-corrected chi connectivity index (χ1v) is 6.70. The van der Waals surface area contributed by atoms with Gasteiger partial charge in [-0.05, 0) is 37.8 Å². The summed E-state index contributed by atoms with van der Waals surface area (Å²) in [4.78, 5) is 11.7. The highest BCUT2D eigenvalue weighted by atomic mass is 16.2. The second-order valence-corrected chi connectivity index (χ2v) is 4.72. The van der Waals surface area contributed by atoms with Gasteiger partial charge in [0.2, 0.25) is 0 Å². The number of urea groups is 1. The van der Waals surface area contributed by atoms with Gasteiger partial charge in [0.1, 0.15) is 0 Å². The van der Waals surface area contributed by atoms with Gasteiger partial charge in [0.15, 0.2) is 0 Å². The molecule has 3 heteroatoms. The summed E-state index contributed by atoms with van der Waals surface area (Å²) in [5, 5.41) is 5.88. The number of hydrogen-bond donors (Lipinski definition) is 2. The molecule has 1 unspecified atom stereocenters. The lowest BCUT2D eigenvalue weighted by Gasteiger charge is -2.20. The van der Waals surface area contributed by atoms with E-state index in [4.69, 9.17) is 0 Å². The average molecular weight is 248 g/mol. The molecule has 18 heavy (non-hydrogen) atoms. The van der Waals surface area contributed by atoms with Crippen LogP contribution < -0.4 is 10.6 Å². The van der Waals surface area contributed by atoms with E-state index in [1.54, 1.807) is 0 Å². The van der Waals surface area contributed by atoms with Gasteiger partial charge in [-0.1, -0.05) is 37.6 Å². The quantitative estimate of drug-likeness (QED) is 0.823. The SMILES string of the molecule is CCCNC(=O)NC(CC)c1ccc(C)cc1C. The van der Waals surface area contributed by atoms with Crippen LogP contribution in [-0.4, -0.2) is 12.6 Å².